The van der Waals surface area contributed by atoms with E-state index >= 15 is 0 Å². The summed E-state index contributed by atoms with van der Waals surface area (Å²) in [6.07, 6.45) is 0. The van der Waals surface area contributed by atoms with Crippen LogP contribution in [0, 0.1) is 6.92 Å². The fourth-order valence-electron chi connectivity index (χ4n) is 2.79. The molecule has 27 heavy (non-hydrogen) atoms. The van der Waals surface area contributed by atoms with Gasteiger partial charge >= 0.3 is 5.97 Å². The van der Waals surface area contributed by atoms with Gasteiger partial charge in [-0.3, -0.25) is 4.79 Å². The van der Waals surface area contributed by atoms with Gasteiger partial charge in [-0.15, -0.1) is 0 Å². The third kappa shape index (κ3) is 4.08. The molecule has 0 aliphatic rings. The van der Waals surface area contributed by atoms with Crippen molar-refractivity contribution in [2.45, 2.75) is 26.7 Å². The number of aryl methyl sites for hydroxylation is 1. The molecule has 1 heterocycles. The van der Waals surface area contributed by atoms with E-state index in [2.05, 4.69) is 19.2 Å². The van der Waals surface area contributed by atoms with Crippen LogP contribution in [0.3, 0.4) is 0 Å². The van der Waals surface area contributed by atoms with Gasteiger partial charge in [0, 0.05) is 11.1 Å². The van der Waals surface area contributed by atoms with Crippen LogP contribution in [-0.4, -0.2) is 17.0 Å². The standard InChI is InChI=1S/C22H21NO4/c1-13(2)15-5-7-16(8-6-15)21(24)23-18-12-14(3)4-9-17(18)19-10-11-20(27-19)22(25)26/h4-13H,1-3H3,(H,23,24)(H,25,26). The van der Waals surface area contributed by atoms with E-state index in [0.29, 0.717) is 28.5 Å². The molecule has 0 fully saturated rings. The summed E-state index contributed by atoms with van der Waals surface area (Å²) >= 11 is 0. The average molecular weight is 363 g/mol. The molecule has 3 aromatic rings. The minimum atomic E-state index is -1.14. The first-order valence-corrected chi connectivity index (χ1v) is 8.70. The summed E-state index contributed by atoms with van der Waals surface area (Å²) in [6.45, 7) is 6.12. The predicted octanol–water partition coefficient (Wildman–Crippen LogP) is 5.33. The Morgan fingerprint density at radius 1 is 1.00 bits per heavy atom. The van der Waals surface area contributed by atoms with E-state index in [4.69, 9.17) is 9.52 Å². The number of carboxylic acids is 1. The zero-order valence-corrected chi connectivity index (χ0v) is 15.4. The highest BCUT2D eigenvalue weighted by atomic mass is 16.4. The number of rotatable bonds is 5. The van der Waals surface area contributed by atoms with Crippen molar-refractivity contribution in [2.24, 2.45) is 0 Å². The smallest absolute Gasteiger partial charge is 0.371 e. The first-order chi connectivity index (χ1) is 12.8. The van der Waals surface area contributed by atoms with Crippen molar-refractivity contribution in [2.75, 3.05) is 5.32 Å². The van der Waals surface area contributed by atoms with Crippen molar-refractivity contribution in [1.82, 2.24) is 0 Å². The summed E-state index contributed by atoms with van der Waals surface area (Å²) < 4.78 is 5.39. The molecule has 0 saturated carbocycles. The largest absolute Gasteiger partial charge is 0.475 e. The van der Waals surface area contributed by atoms with Gasteiger partial charge in [0.1, 0.15) is 5.76 Å². The summed E-state index contributed by atoms with van der Waals surface area (Å²) in [5.41, 5.74) is 3.88. The molecule has 3 rings (SSSR count). The highest BCUT2D eigenvalue weighted by Gasteiger charge is 2.16. The van der Waals surface area contributed by atoms with Crippen LogP contribution >= 0.6 is 0 Å². The van der Waals surface area contributed by atoms with Crippen LogP contribution in [0.4, 0.5) is 5.69 Å². The molecular formula is C22H21NO4. The maximum Gasteiger partial charge on any atom is 0.371 e. The molecule has 0 bridgehead atoms. The highest BCUT2D eigenvalue weighted by Crippen LogP contribution is 2.31. The molecule has 0 aliphatic carbocycles. The van der Waals surface area contributed by atoms with E-state index in [0.717, 1.165) is 5.56 Å². The van der Waals surface area contributed by atoms with E-state index in [9.17, 15) is 9.59 Å². The van der Waals surface area contributed by atoms with Gasteiger partial charge in [0.2, 0.25) is 5.76 Å². The number of aromatic carboxylic acids is 1. The molecule has 0 aliphatic heterocycles. The van der Waals surface area contributed by atoms with Crippen molar-refractivity contribution >= 4 is 17.6 Å². The summed E-state index contributed by atoms with van der Waals surface area (Å²) in [6, 6.07) is 16.0. The quantitative estimate of drug-likeness (QED) is 0.642. The lowest BCUT2D eigenvalue weighted by Gasteiger charge is -2.12. The number of hydrogen-bond donors (Lipinski definition) is 2. The lowest BCUT2D eigenvalue weighted by atomic mass is 10.0. The van der Waals surface area contributed by atoms with E-state index in [1.54, 1.807) is 24.3 Å². The molecule has 0 radical (unpaired) electrons. The maximum absolute atomic E-state index is 12.7. The topological polar surface area (TPSA) is 79.5 Å². The molecule has 0 atom stereocenters. The Hall–Kier alpha value is -3.34. The minimum absolute atomic E-state index is 0.146. The molecule has 0 unspecified atom stereocenters. The molecule has 0 spiro atoms. The number of amides is 1. The summed E-state index contributed by atoms with van der Waals surface area (Å²) in [7, 11) is 0. The van der Waals surface area contributed by atoms with Gasteiger partial charge in [-0.25, -0.2) is 4.79 Å². The number of furan rings is 1. The molecule has 138 valence electrons. The monoisotopic (exact) mass is 363 g/mol. The Morgan fingerprint density at radius 3 is 2.30 bits per heavy atom. The number of carbonyl (C=O) groups excluding carboxylic acids is 1. The third-order valence-corrected chi connectivity index (χ3v) is 4.35. The van der Waals surface area contributed by atoms with Crippen molar-refractivity contribution in [1.29, 1.82) is 0 Å². The Kier molecular flexibility index (Phi) is 5.12. The van der Waals surface area contributed by atoms with E-state index in [1.165, 1.54) is 11.6 Å². The predicted molar refractivity (Wildman–Crippen MR) is 104 cm³/mol. The summed E-state index contributed by atoms with van der Waals surface area (Å²) in [5.74, 6) is -0.732. The molecule has 5 nitrogen and oxygen atoms in total. The van der Waals surface area contributed by atoms with Crippen molar-refractivity contribution in [3.05, 3.63) is 77.0 Å². The summed E-state index contributed by atoms with van der Waals surface area (Å²) in [4.78, 5) is 23.7. The highest BCUT2D eigenvalue weighted by molar-refractivity contribution is 6.06. The molecule has 5 heteroatoms. The second-order valence-corrected chi connectivity index (χ2v) is 6.75. The number of nitrogens with one attached hydrogen (secondary N) is 1. The minimum Gasteiger partial charge on any atom is -0.475 e. The zero-order chi connectivity index (χ0) is 19.6. The van der Waals surface area contributed by atoms with Gasteiger partial charge in [0.25, 0.3) is 5.91 Å². The Bertz CT molecular complexity index is 984. The SMILES string of the molecule is Cc1ccc(-c2ccc(C(=O)O)o2)c(NC(=O)c2ccc(C(C)C)cc2)c1. The third-order valence-electron chi connectivity index (χ3n) is 4.35. The van der Waals surface area contributed by atoms with Crippen LogP contribution in [0.25, 0.3) is 11.3 Å². The van der Waals surface area contributed by atoms with Crippen molar-refractivity contribution < 1.29 is 19.1 Å². The molecule has 1 aromatic heterocycles. The number of hydrogen-bond acceptors (Lipinski definition) is 3. The number of carbonyl (C=O) groups is 2. The number of benzene rings is 2. The lowest BCUT2D eigenvalue weighted by molar-refractivity contribution is 0.0663. The van der Waals surface area contributed by atoms with Crippen LogP contribution in [0.2, 0.25) is 0 Å². The van der Waals surface area contributed by atoms with Crippen molar-refractivity contribution in [3.8, 4) is 11.3 Å². The van der Waals surface area contributed by atoms with Crippen LogP contribution in [0.15, 0.2) is 59.0 Å². The second-order valence-electron chi connectivity index (χ2n) is 6.75. The fraction of sp³-hybridized carbons (Fsp3) is 0.182. The average Bonchev–Trinajstić information content (AvgIpc) is 3.12. The van der Waals surface area contributed by atoms with E-state index in [-0.39, 0.29) is 11.7 Å². The molecule has 2 N–H and O–H groups in total. The van der Waals surface area contributed by atoms with Crippen LogP contribution in [0.1, 0.15) is 51.8 Å². The number of carboxylic acid groups (broad SMARTS) is 1. The van der Waals surface area contributed by atoms with Gasteiger partial charge < -0.3 is 14.8 Å². The fourth-order valence-corrected chi connectivity index (χ4v) is 2.79. The maximum atomic E-state index is 12.7. The Morgan fingerprint density at radius 2 is 1.70 bits per heavy atom. The zero-order valence-electron chi connectivity index (χ0n) is 15.4. The first kappa shape index (κ1) is 18.5. The number of anilines is 1. The van der Waals surface area contributed by atoms with Gasteiger partial charge in [0.15, 0.2) is 0 Å². The van der Waals surface area contributed by atoms with E-state index < -0.39 is 5.97 Å². The van der Waals surface area contributed by atoms with Gasteiger partial charge in [-0.2, -0.15) is 0 Å². The van der Waals surface area contributed by atoms with Crippen LogP contribution in [-0.2, 0) is 0 Å². The molecule has 1 amide bonds. The first-order valence-electron chi connectivity index (χ1n) is 8.70. The second kappa shape index (κ2) is 7.50. The van der Waals surface area contributed by atoms with Gasteiger partial charge in [0.05, 0.1) is 5.69 Å². The van der Waals surface area contributed by atoms with Gasteiger partial charge in [-0.05, 0) is 60.4 Å². The molecule has 2 aromatic carbocycles. The van der Waals surface area contributed by atoms with Crippen molar-refractivity contribution in [3.63, 3.8) is 0 Å². The molecular weight excluding hydrogens is 342 g/mol. The lowest BCUT2D eigenvalue weighted by Crippen LogP contribution is -2.12. The normalized spacial score (nSPS) is 10.8. The van der Waals surface area contributed by atoms with Crippen LogP contribution < -0.4 is 5.32 Å². The van der Waals surface area contributed by atoms with E-state index in [1.807, 2.05) is 31.2 Å². The van der Waals surface area contributed by atoms with Gasteiger partial charge in [-0.1, -0.05) is 32.0 Å². The molecule has 0 saturated heterocycles. The van der Waals surface area contributed by atoms with Crippen LogP contribution in [0.5, 0.6) is 0 Å². The Balaban J connectivity index is 1.90. The Labute approximate surface area is 157 Å². The summed E-state index contributed by atoms with van der Waals surface area (Å²) in [5, 5.41) is 12.0.